The van der Waals surface area contributed by atoms with Crippen LogP contribution in [0.15, 0.2) is 212 Å². The Kier molecular flexibility index (Phi) is 8.40. The summed E-state index contributed by atoms with van der Waals surface area (Å²) in [6, 6.07) is 75.9. The van der Waals surface area contributed by atoms with Gasteiger partial charge in [0.2, 0.25) is 0 Å². The van der Waals surface area contributed by atoms with Crippen molar-refractivity contribution in [1.82, 2.24) is 4.57 Å². The number of anilines is 3. The van der Waals surface area contributed by atoms with Crippen molar-refractivity contribution in [2.24, 2.45) is 0 Å². The van der Waals surface area contributed by atoms with Crippen molar-refractivity contribution in [2.45, 2.75) is 0 Å². The fourth-order valence-electron chi connectivity index (χ4n) is 8.56. The molecule has 0 unspecified atom stereocenters. The molecular weight excluding hydrogens is 735 g/mol. The van der Waals surface area contributed by atoms with Crippen LogP contribution in [-0.2, 0) is 0 Å². The van der Waals surface area contributed by atoms with Crippen LogP contribution in [-0.4, -0.2) is 4.57 Å². The third kappa shape index (κ3) is 6.04. The van der Waals surface area contributed by atoms with Gasteiger partial charge in [0.1, 0.15) is 0 Å². The molecule has 0 saturated carbocycles. The Bertz CT molecular complexity index is 3350. The molecule has 2 aromatic heterocycles. The Morgan fingerprint density at radius 3 is 1.64 bits per heavy atom. The maximum Gasteiger partial charge on any atom is 0.187 e. The molecule has 4 heteroatoms. The van der Waals surface area contributed by atoms with Gasteiger partial charge >= 0.3 is 0 Å². The Morgan fingerprint density at radius 1 is 0.407 bits per heavy atom. The summed E-state index contributed by atoms with van der Waals surface area (Å²) in [5, 5.41) is 5.02. The smallest absolute Gasteiger partial charge is 0.187 e. The summed E-state index contributed by atoms with van der Waals surface area (Å²) in [5.74, 6) is 0. The van der Waals surface area contributed by atoms with E-state index in [0.717, 1.165) is 44.9 Å². The van der Waals surface area contributed by atoms with Gasteiger partial charge in [-0.1, -0.05) is 140 Å². The lowest BCUT2D eigenvalue weighted by Gasteiger charge is -2.26. The van der Waals surface area contributed by atoms with Crippen molar-refractivity contribution in [3.05, 3.63) is 224 Å². The molecule has 0 N–H and O–H groups in total. The number of hydrogen-bond donors (Lipinski definition) is 0. The molecule has 0 bridgehead atoms. The van der Waals surface area contributed by atoms with Crippen molar-refractivity contribution < 1.29 is 0 Å². The first-order valence-electron chi connectivity index (χ1n) is 19.8. The first-order chi connectivity index (χ1) is 29.2. The predicted octanol–water partition coefficient (Wildman–Crippen LogP) is 16.2. The molecule has 0 atom stereocenters. The van der Waals surface area contributed by atoms with Crippen LogP contribution >= 0.6 is 11.3 Å². The number of nitrogens with zero attached hydrogens (tertiary/aromatic N) is 3. The van der Waals surface area contributed by atoms with Gasteiger partial charge < -0.3 is 9.47 Å². The molecule has 276 valence electrons. The number of para-hydroxylation sites is 1. The number of rotatable bonds is 7. The zero-order valence-electron chi connectivity index (χ0n) is 32.0. The highest BCUT2D eigenvalue weighted by molar-refractivity contribution is 7.26. The molecular formula is C55H35N3S. The van der Waals surface area contributed by atoms with E-state index < -0.39 is 0 Å². The van der Waals surface area contributed by atoms with Crippen LogP contribution in [0.5, 0.6) is 0 Å². The minimum atomic E-state index is 0.640. The summed E-state index contributed by atoms with van der Waals surface area (Å²) >= 11 is 1.87. The first kappa shape index (κ1) is 34.5. The molecule has 11 aromatic rings. The SMILES string of the molecule is [C-]#[N+]c1ccc(-n2c3ccccc3c3cc(-c4ccc(N(c5ccc(-c6ccccc6)cc5)c5ccc(-c6cccc7c6sc6ccccc67)cc5)cc4)ccc32)cc1. The summed E-state index contributed by atoms with van der Waals surface area (Å²) in [6.07, 6.45) is 0. The van der Waals surface area contributed by atoms with Crippen LogP contribution in [0.4, 0.5) is 22.7 Å². The van der Waals surface area contributed by atoms with Gasteiger partial charge in [0, 0.05) is 53.7 Å². The fraction of sp³-hybridized carbons (Fsp3) is 0. The van der Waals surface area contributed by atoms with Gasteiger partial charge in [0.25, 0.3) is 0 Å². The highest BCUT2D eigenvalue weighted by Crippen LogP contribution is 2.42. The number of benzene rings is 9. The molecule has 0 saturated heterocycles. The van der Waals surface area contributed by atoms with Crippen LogP contribution in [0.25, 0.3) is 85.9 Å². The molecule has 3 nitrogen and oxygen atoms in total. The predicted molar refractivity (Wildman–Crippen MR) is 251 cm³/mol. The molecule has 0 radical (unpaired) electrons. The van der Waals surface area contributed by atoms with E-state index in [0.29, 0.717) is 5.69 Å². The summed E-state index contributed by atoms with van der Waals surface area (Å²) in [7, 11) is 0. The standard InChI is InChI=1S/C55H35N3S/c1-56-42-25-33-46(34-26-42)58-52-16-7-5-12-48(52)51-36-41(24-35-53(51)58)39-20-29-44(30-21-39)57(43-27-18-38(19-28-43)37-10-3-2-4-11-37)45-31-22-40(23-32-45)47-14-9-15-50-49-13-6-8-17-54(49)59-55(47)50/h2-36H. The van der Waals surface area contributed by atoms with E-state index in [2.05, 4.69) is 202 Å². The van der Waals surface area contributed by atoms with Crippen molar-refractivity contribution in [2.75, 3.05) is 4.90 Å². The van der Waals surface area contributed by atoms with E-state index in [-0.39, 0.29) is 0 Å². The van der Waals surface area contributed by atoms with Gasteiger partial charge in [-0.3, -0.25) is 0 Å². The molecule has 0 aliphatic rings. The van der Waals surface area contributed by atoms with E-state index in [1.54, 1.807) is 0 Å². The minimum Gasteiger partial charge on any atom is -0.311 e. The maximum atomic E-state index is 7.41. The van der Waals surface area contributed by atoms with E-state index >= 15 is 0 Å². The van der Waals surface area contributed by atoms with E-state index in [1.165, 1.54) is 53.2 Å². The van der Waals surface area contributed by atoms with Gasteiger partial charge in [-0.25, -0.2) is 4.85 Å². The number of aromatic nitrogens is 1. The summed E-state index contributed by atoms with van der Waals surface area (Å²) in [6.45, 7) is 7.41. The van der Waals surface area contributed by atoms with Crippen LogP contribution < -0.4 is 4.90 Å². The van der Waals surface area contributed by atoms with E-state index in [1.807, 2.05) is 35.6 Å². The molecule has 9 aromatic carbocycles. The van der Waals surface area contributed by atoms with Gasteiger partial charge in [-0.15, -0.1) is 11.3 Å². The molecule has 0 fully saturated rings. The molecule has 0 spiro atoms. The minimum absolute atomic E-state index is 0.640. The number of hydrogen-bond acceptors (Lipinski definition) is 2. The second-order valence-corrected chi connectivity index (χ2v) is 15.9. The highest BCUT2D eigenvalue weighted by Gasteiger charge is 2.17. The van der Waals surface area contributed by atoms with Crippen LogP contribution in [0, 0.1) is 6.57 Å². The Labute approximate surface area is 346 Å². The molecule has 0 aliphatic carbocycles. The van der Waals surface area contributed by atoms with Crippen molar-refractivity contribution in [3.63, 3.8) is 0 Å². The average molecular weight is 770 g/mol. The Morgan fingerprint density at radius 2 is 0.949 bits per heavy atom. The van der Waals surface area contributed by atoms with Crippen LogP contribution in [0.2, 0.25) is 0 Å². The van der Waals surface area contributed by atoms with Crippen LogP contribution in [0.1, 0.15) is 0 Å². The lowest BCUT2D eigenvalue weighted by molar-refractivity contribution is 1.18. The molecule has 59 heavy (non-hydrogen) atoms. The quantitative estimate of drug-likeness (QED) is 0.147. The van der Waals surface area contributed by atoms with E-state index in [4.69, 9.17) is 6.57 Å². The average Bonchev–Trinajstić information content (AvgIpc) is 3.86. The zero-order valence-corrected chi connectivity index (χ0v) is 32.8. The first-order valence-corrected chi connectivity index (χ1v) is 20.6. The van der Waals surface area contributed by atoms with Gasteiger partial charge in [0.05, 0.1) is 17.6 Å². The lowest BCUT2D eigenvalue weighted by atomic mass is 10.0. The molecule has 11 rings (SSSR count). The summed E-state index contributed by atoms with van der Waals surface area (Å²) in [5.41, 5.74) is 14.4. The van der Waals surface area contributed by atoms with Gasteiger partial charge in [0.15, 0.2) is 5.69 Å². The normalized spacial score (nSPS) is 11.4. The molecule has 0 aliphatic heterocycles. The van der Waals surface area contributed by atoms with E-state index in [9.17, 15) is 0 Å². The largest absolute Gasteiger partial charge is 0.311 e. The Balaban J connectivity index is 0.976. The maximum absolute atomic E-state index is 7.41. The zero-order chi connectivity index (χ0) is 39.3. The van der Waals surface area contributed by atoms with Crippen LogP contribution in [0.3, 0.4) is 0 Å². The van der Waals surface area contributed by atoms with Gasteiger partial charge in [-0.2, -0.15) is 0 Å². The third-order valence-electron chi connectivity index (χ3n) is 11.4. The van der Waals surface area contributed by atoms with Crippen molar-refractivity contribution in [3.8, 4) is 39.1 Å². The van der Waals surface area contributed by atoms with Crippen molar-refractivity contribution >= 4 is 76.1 Å². The lowest BCUT2D eigenvalue weighted by Crippen LogP contribution is -2.09. The van der Waals surface area contributed by atoms with Crippen molar-refractivity contribution in [1.29, 1.82) is 0 Å². The fourth-order valence-corrected chi connectivity index (χ4v) is 9.79. The highest BCUT2D eigenvalue weighted by atomic mass is 32.1. The summed E-state index contributed by atoms with van der Waals surface area (Å²) in [4.78, 5) is 5.94. The Hall–Kier alpha value is -7.71. The topological polar surface area (TPSA) is 12.5 Å². The molecule has 2 heterocycles. The van der Waals surface area contributed by atoms with Gasteiger partial charge in [-0.05, 0) is 106 Å². The second-order valence-electron chi connectivity index (χ2n) is 14.8. The number of thiophene rings is 1. The molecule has 0 amide bonds. The number of fused-ring (bicyclic) bond motifs is 6. The monoisotopic (exact) mass is 769 g/mol. The second kappa shape index (κ2) is 14.3. The summed E-state index contributed by atoms with van der Waals surface area (Å²) < 4.78 is 4.93. The third-order valence-corrected chi connectivity index (χ3v) is 12.7.